The zero-order valence-corrected chi connectivity index (χ0v) is 8.77. The fourth-order valence-electron chi connectivity index (χ4n) is 2.21. The summed E-state index contributed by atoms with van der Waals surface area (Å²) in [5.41, 5.74) is 6.41. The predicted molar refractivity (Wildman–Crippen MR) is 54.0 cm³/mol. The van der Waals surface area contributed by atoms with Crippen LogP contribution in [-0.4, -0.2) is 6.54 Å². The zero-order chi connectivity index (χ0) is 9.19. The molecule has 72 valence electrons. The Kier molecular flexibility index (Phi) is 3.16. The van der Waals surface area contributed by atoms with Gasteiger partial charge in [0, 0.05) is 0 Å². The number of hydrogen-bond donors (Lipinski definition) is 1. The number of nitrogens with two attached hydrogens (primary N) is 1. The Morgan fingerprint density at radius 1 is 1.33 bits per heavy atom. The molecule has 0 aromatic heterocycles. The van der Waals surface area contributed by atoms with Crippen molar-refractivity contribution in [3.63, 3.8) is 0 Å². The molecule has 1 aliphatic carbocycles. The second kappa shape index (κ2) is 3.78. The van der Waals surface area contributed by atoms with Gasteiger partial charge in [0.1, 0.15) is 0 Å². The van der Waals surface area contributed by atoms with E-state index in [0.29, 0.717) is 5.41 Å². The summed E-state index contributed by atoms with van der Waals surface area (Å²) < 4.78 is 0. The molecule has 1 saturated carbocycles. The lowest BCUT2D eigenvalue weighted by molar-refractivity contribution is 0.104. The summed E-state index contributed by atoms with van der Waals surface area (Å²) in [6, 6.07) is 0. The van der Waals surface area contributed by atoms with E-state index in [1.165, 1.54) is 25.7 Å². The van der Waals surface area contributed by atoms with Gasteiger partial charge in [-0.1, -0.05) is 27.2 Å². The van der Waals surface area contributed by atoms with Crippen molar-refractivity contribution in [1.29, 1.82) is 0 Å². The first-order valence-corrected chi connectivity index (χ1v) is 5.27. The first-order chi connectivity index (χ1) is 5.57. The monoisotopic (exact) mass is 169 g/mol. The molecule has 0 aromatic rings. The molecule has 1 fully saturated rings. The standard InChI is InChI=1S/C11H23N/c1-9(2)10(8-12)7-11(3)5-4-6-11/h9-10H,4-8,12H2,1-3H3. The smallest absolute Gasteiger partial charge is 0.00462 e. The molecule has 1 heteroatoms. The van der Waals surface area contributed by atoms with Crippen LogP contribution in [0.15, 0.2) is 0 Å². The van der Waals surface area contributed by atoms with Crippen molar-refractivity contribution in [2.75, 3.05) is 6.54 Å². The van der Waals surface area contributed by atoms with Crippen LogP contribution in [0.1, 0.15) is 46.5 Å². The van der Waals surface area contributed by atoms with Gasteiger partial charge >= 0.3 is 0 Å². The van der Waals surface area contributed by atoms with Crippen LogP contribution < -0.4 is 5.73 Å². The Labute approximate surface area is 76.7 Å². The minimum Gasteiger partial charge on any atom is -0.330 e. The molecule has 2 N–H and O–H groups in total. The summed E-state index contributed by atoms with van der Waals surface area (Å²) in [5.74, 6) is 1.50. The topological polar surface area (TPSA) is 26.0 Å². The van der Waals surface area contributed by atoms with E-state index in [1.54, 1.807) is 0 Å². The maximum Gasteiger partial charge on any atom is -0.00462 e. The van der Waals surface area contributed by atoms with Crippen molar-refractivity contribution in [3.05, 3.63) is 0 Å². The third-order valence-corrected chi connectivity index (χ3v) is 3.56. The van der Waals surface area contributed by atoms with E-state index in [9.17, 15) is 0 Å². The molecule has 12 heavy (non-hydrogen) atoms. The molecule has 0 amide bonds. The summed E-state index contributed by atoms with van der Waals surface area (Å²) in [5, 5.41) is 0. The van der Waals surface area contributed by atoms with Crippen molar-refractivity contribution >= 4 is 0 Å². The number of rotatable bonds is 4. The lowest BCUT2D eigenvalue weighted by Crippen LogP contribution is -2.32. The number of hydrogen-bond acceptors (Lipinski definition) is 1. The van der Waals surface area contributed by atoms with E-state index in [-0.39, 0.29) is 0 Å². The van der Waals surface area contributed by atoms with Crippen molar-refractivity contribution in [1.82, 2.24) is 0 Å². The van der Waals surface area contributed by atoms with Crippen LogP contribution in [0, 0.1) is 17.3 Å². The Morgan fingerprint density at radius 3 is 2.17 bits per heavy atom. The molecule has 1 nitrogen and oxygen atoms in total. The van der Waals surface area contributed by atoms with Gasteiger partial charge in [0.2, 0.25) is 0 Å². The third-order valence-electron chi connectivity index (χ3n) is 3.56. The van der Waals surface area contributed by atoms with Crippen molar-refractivity contribution in [2.45, 2.75) is 46.5 Å². The highest BCUT2D eigenvalue weighted by Gasteiger charge is 2.34. The minimum atomic E-state index is 0.647. The van der Waals surface area contributed by atoms with Gasteiger partial charge in [0.05, 0.1) is 0 Å². The average Bonchev–Trinajstić information content (AvgIpc) is 1.96. The van der Waals surface area contributed by atoms with Gasteiger partial charge in [-0.3, -0.25) is 0 Å². The van der Waals surface area contributed by atoms with Crippen LogP contribution in [0.4, 0.5) is 0 Å². The quantitative estimate of drug-likeness (QED) is 0.688. The van der Waals surface area contributed by atoms with E-state index in [0.717, 1.165) is 18.4 Å². The fraction of sp³-hybridized carbons (Fsp3) is 1.00. The van der Waals surface area contributed by atoms with Crippen LogP contribution in [0.2, 0.25) is 0 Å². The summed E-state index contributed by atoms with van der Waals surface area (Å²) in [7, 11) is 0. The molecule has 0 saturated heterocycles. The van der Waals surface area contributed by atoms with Crippen molar-refractivity contribution in [3.8, 4) is 0 Å². The Hall–Kier alpha value is -0.0400. The molecule has 0 spiro atoms. The highest BCUT2D eigenvalue weighted by Crippen LogP contribution is 2.46. The van der Waals surface area contributed by atoms with E-state index in [2.05, 4.69) is 20.8 Å². The maximum atomic E-state index is 5.76. The SMILES string of the molecule is CC(C)C(CN)CC1(C)CCC1. The summed E-state index contributed by atoms with van der Waals surface area (Å²) in [4.78, 5) is 0. The molecule has 0 bridgehead atoms. The molecule has 0 aliphatic heterocycles. The first-order valence-electron chi connectivity index (χ1n) is 5.27. The highest BCUT2D eigenvalue weighted by atomic mass is 14.6. The maximum absolute atomic E-state index is 5.76. The van der Waals surface area contributed by atoms with Gasteiger partial charge in [0.25, 0.3) is 0 Å². The van der Waals surface area contributed by atoms with E-state index < -0.39 is 0 Å². The van der Waals surface area contributed by atoms with Gasteiger partial charge in [0.15, 0.2) is 0 Å². The van der Waals surface area contributed by atoms with E-state index in [1.807, 2.05) is 0 Å². The van der Waals surface area contributed by atoms with Crippen molar-refractivity contribution in [2.24, 2.45) is 23.0 Å². The Bertz CT molecular complexity index is 136. The second-order valence-corrected chi connectivity index (χ2v) is 5.11. The van der Waals surface area contributed by atoms with Gasteiger partial charge in [-0.05, 0) is 43.1 Å². The lowest BCUT2D eigenvalue weighted by Gasteiger charge is -2.41. The average molecular weight is 169 g/mol. The minimum absolute atomic E-state index is 0.647. The molecule has 0 radical (unpaired) electrons. The normalized spacial score (nSPS) is 23.8. The van der Waals surface area contributed by atoms with Crippen LogP contribution in [0.5, 0.6) is 0 Å². The summed E-state index contributed by atoms with van der Waals surface area (Å²) >= 11 is 0. The molecule has 1 unspecified atom stereocenters. The van der Waals surface area contributed by atoms with E-state index in [4.69, 9.17) is 5.73 Å². The van der Waals surface area contributed by atoms with Crippen LogP contribution in [0.25, 0.3) is 0 Å². The second-order valence-electron chi connectivity index (χ2n) is 5.11. The van der Waals surface area contributed by atoms with Crippen LogP contribution in [-0.2, 0) is 0 Å². The van der Waals surface area contributed by atoms with Crippen LogP contribution in [0.3, 0.4) is 0 Å². The Morgan fingerprint density at radius 2 is 1.92 bits per heavy atom. The van der Waals surface area contributed by atoms with Gasteiger partial charge in [-0.2, -0.15) is 0 Å². The van der Waals surface area contributed by atoms with Gasteiger partial charge < -0.3 is 5.73 Å². The van der Waals surface area contributed by atoms with Crippen molar-refractivity contribution < 1.29 is 0 Å². The molecule has 0 heterocycles. The molecule has 0 aromatic carbocycles. The molecular formula is C11H23N. The summed E-state index contributed by atoms with van der Waals surface area (Å²) in [6.45, 7) is 7.87. The largest absolute Gasteiger partial charge is 0.330 e. The van der Waals surface area contributed by atoms with Gasteiger partial charge in [-0.25, -0.2) is 0 Å². The highest BCUT2D eigenvalue weighted by molar-refractivity contribution is 4.86. The summed E-state index contributed by atoms with van der Waals surface area (Å²) in [6.07, 6.45) is 5.64. The van der Waals surface area contributed by atoms with Crippen LogP contribution >= 0.6 is 0 Å². The molecule has 1 atom stereocenters. The molecule has 1 aliphatic rings. The van der Waals surface area contributed by atoms with Gasteiger partial charge in [-0.15, -0.1) is 0 Å². The fourth-order valence-corrected chi connectivity index (χ4v) is 2.21. The lowest BCUT2D eigenvalue weighted by atomic mass is 9.64. The molecule has 1 rings (SSSR count). The zero-order valence-electron chi connectivity index (χ0n) is 8.77. The first kappa shape index (κ1) is 10.0. The van der Waals surface area contributed by atoms with E-state index >= 15 is 0 Å². The predicted octanol–water partition coefficient (Wildman–Crippen LogP) is 2.80. The third kappa shape index (κ3) is 2.22. The Balaban J connectivity index is 2.36. The molecular weight excluding hydrogens is 146 g/mol.